The van der Waals surface area contributed by atoms with Gasteiger partial charge in [0.15, 0.2) is 4.77 Å². The second-order valence-electron chi connectivity index (χ2n) is 6.14. The van der Waals surface area contributed by atoms with E-state index in [1.54, 1.807) is 6.07 Å². The minimum atomic E-state index is -0.122. The fourth-order valence-corrected chi connectivity index (χ4v) is 2.80. The van der Waals surface area contributed by atoms with Crippen LogP contribution in [-0.2, 0) is 0 Å². The quantitative estimate of drug-likeness (QED) is 0.697. The number of H-pyrrole nitrogens is 1. The first kappa shape index (κ1) is 16.5. The summed E-state index contributed by atoms with van der Waals surface area (Å²) in [6.45, 7) is 5.02. The highest BCUT2D eigenvalue weighted by molar-refractivity contribution is 7.71. The zero-order chi connectivity index (χ0) is 17.1. The summed E-state index contributed by atoms with van der Waals surface area (Å²) < 4.78 is 7.61. The van der Waals surface area contributed by atoms with E-state index in [-0.39, 0.29) is 5.56 Å². The molecule has 24 heavy (non-hydrogen) atoms. The van der Waals surface area contributed by atoms with Crippen molar-refractivity contribution in [3.63, 3.8) is 0 Å². The molecule has 0 radical (unpaired) electrons. The fourth-order valence-electron chi connectivity index (χ4n) is 2.50. The second-order valence-corrected chi connectivity index (χ2v) is 6.53. The molecular formula is C19H20N2O2S. The number of nitrogens with zero attached hydrogens (tertiary/aromatic N) is 1. The fraction of sp³-hybridized carbons (Fsp3) is 0.263. The Morgan fingerprint density at radius 1 is 1.12 bits per heavy atom. The number of rotatable bonds is 5. The van der Waals surface area contributed by atoms with Crippen molar-refractivity contribution < 1.29 is 4.74 Å². The molecule has 5 heteroatoms. The summed E-state index contributed by atoms with van der Waals surface area (Å²) in [6, 6.07) is 14.8. The summed E-state index contributed by atoms with van der Waals surface area (Å²) >= 11 is 5.36. The van der Waals surface area contributed by atoms with E-state index in [1.165, 1.54) is 4.57 Å². The highest BCUT2D eigenvalue weighted by Crippen LogP contribution is 2.16. The smallest absolute Gasteiger partial charge is 0.266 e. The Kier molecular flexibility index (Phi) is 4.81. The lowest BCUT2D eigenvalue weighted by Gasteiger charge is -2.10. The number of aromatic amines is 1. The van der Waals surface area contributed by atoms with Gasteiger partial charge in [-0.3, -0.25) is 9.36 Å². The predicted octanol–water partition coefficient (Wildman–Crippen LogP) is 4.47. The molecule has 124 valence electrons. The maximum absolute atomic E-state index is 12.7. The molecule has 0 amide bonds. The summed E-state index contributed by atoms with van der Waals surface area (Å²) in [7, 11) is 0. The third-order valence-electron chi connectivity index (χ3n) is 3.86. The van der Waals surface area contributed by atoms with Gasteiger partial charge in [0, 0.05) is 0 Å². The molecule has 0 aliphatic heterocycles. The average molecular weight is 340 g/mol. The molecule has 0 unspecified atom stereocenters. The Balaban J connectivity index is 1.93. The Morgan fingerprint density at radius 2 is 1.83 bits per heavy atom. The van der Waals surface area contributed by atoms with Crippen LogP contribution in [0.25, 0.3) is 16.6 Å². The third kappa shape index (κ3) is 3.41. The van der Waals surface area contributed by atoms with E-state index >= 15 is 0 Å². The number of nitrogens with one attached hydrogen (secondary N) is 1. The summed E-state index contributed by atoms with van der Waals surface area (Å²) in [6.07, 6.45) is 1.01. The molecule has 0 fully saturated rings. The van der Waals surface area contributed by atoms with Gasteiger partial charge in [-0.05, 0) is 61.0 Å². The Bertz CT molecular complexity index is 956. The van der Waals surface area contributed by atoms with Crippen LogP contribution in [0, 0.1) is 10.7 Å². The van der Waals surface area contributed by atoms with Crippen LogP contribution in [0.1, 0.15) is 20.3 Å². The number of benzene rings is 2. The zero-order valence-electron chi connectivity index (χ0n) is 13.8. The average Bonchev–Trinajstić information content (AvgIpc) is 2.56. The molecule has 1 N–H and O–H groups in total. The Hall–Kier alpha value is -2.40. The highest BCUT2D eigenvalue weighted by Gasteiger charge is 2.07. The van der Waals surface area contributed by atoms with E-state index in [1.807, 2.05) is 42.5 Å². The minimum absolute atomic E-state index is 0.122. The van der Waals surface area contributed by atoms with E-state index < -0.39 is 0 Å². The number of aromatic nitrogens is 2. The van der Waals surface area contributed by atoms with E-state index in [2.05, 4.69) is 18.8 Å². The molecule has 1 aromatic heterocycles. The second kappa shape index (κ2) is 7.01. The van der Waals surface area contributed by atoms with Gasteiger partial charge in [0.25, 0.3) is 5.56 Å². The van der Waals surface area contributed by atoms with Crippen molar-refractivity contribution in [2.45, 2.75) is 20.3 Å². The van der Waals surface area contributed by atoms with Gasteiger partial charge >= 0.3 is 0 Å². The lowest BCUT2D eigenvalue weighted by molar-refractivity contribution is 0.289. The number of fused-ring (bicyclic) bond motifs is 1. The molecular weight excluding hydrogens is 320 g/mol. The number of hydrogen-bond acceptors (Lipinski definition) is 3. The van der Waals surface area contributed by atoms with Crippen molar-refractivity contribution >= 4 is 23.1 Å². The lowest BCUT2D eigenvalue weighted by Crippen LogP contribution is -2.20. The zero-order valence-corrected chi connectivity index (χ0v) is 14.6. The predicted molar refractivity (Wildman–Crippen MR) is 99.7 cm³/mol. The van der Waals surface area contributed by atoms with Crippen LogP contribution in [0.4, 0.5) is 0 Å². The van der Waals surface area contributed by atoms with Crippen molar-refractivity contribution in [2.75, 3.05) is 6.61 Å². The maximum Gasteiger partial charge on any atom is 0.266 e. The van der Waals surface area contributed by atoms with Gasteiger partial charge < -0.3 is 9.72 Å². The topological polar surface area (TPSA) is 47.0 Å². The molecule has 0 spiro atoms. The van der Waals surface area contributed by atoms with Gasteiger partial charge in [0.05, 0.1) is 23.2 Å². The van der Waals surface area contributed by atoms with Gasteiger partial charge in [-0.15, -0.1) is 0 Å². The van der Waals surface area contributed by atoms with Crippen molar-refractivity contribution in [1.29, 1.82) is 0 Å². The molecule has 3 rings (SSSR count). The molecule has 4 nitrogen and oxygen atoms in total. The molecule has 0 saturated carbocycles. The maximum atomic E-state index is 12.7. The van der Waals surface area contributed by atoms with Crippen LogP contribution in [0.15, 0.2) is 53.3 Å². The summed E-state index contributed by atoms with van der Waals surface area (Å²) in [5.41, 5.74) is 1.35. The standard InChI is InChI=1S/C19H20N2O2S/c1-13(2)11-12-23-15-9-7-14(8-10-15)21-18(22)16-5-3-4-6-17(16)20-19(21)24/h3-10,13H,11-12H2,1-2H3,(H,20,24). The molecule has 0 saturated heterocycles. The van der Waals surface area contributed by atoms with Gasteiger partial charge in [-0.1, -0.05) is 26.0 Å². The van der Waals surface area contributed by atoms with Gasteiger partial charge in [0.2, 0.25) is 0 Å². The molecule has 3 aromatic rings. The normalized spacial score (nSPS) is 11.1. The molecule has 1 heterocycles. The van der Waals surface area contributed by atoms with Crippen LogP contribution >= 0.6 is 12.2 Å². The minimum Gasteiger partial charge on any atom is -0.494 e. The van der Waals surface area contributed by atoms with Crippen molar-refractivity contribution in [3.8, 4) is 11.4 Å². The molecule has 0 aliphatic carbocycles. The molecule has 0 aliphatic rings. The summed E-state index contributed by atoms with van der Waals surface area (Å²) in [4.78, 5) is 15.8. The lowest BCUT2D eigenvalue weighted by atomic mass is 10.1. The van der Waals surface area contributed by atoms with Crippen LogP contribution in [0.5, 0.6) is 5.75 Å². The third-order valence-corrected chi connectivity index (χ3v) is 4.15. The summed E-state index contributed by atoms with van der Waals surface area (Å²) in [5, 5.41) is 0.614. The highest BCUT2D eigenvalue weighted by atomic mass is 32.1. The first-order chi connectivity index (χ1) is 11.6. The van der Waals surface area contributed by atoms with E-state index in [0.717, 1.165) is 23.4 Å². The van der Waals surface area contributed by atoms with Gasteiger partial charge in [-0.2, -0.15) is 0 Å². The number of ether oxygens (including phenoxy) is 1. The Morgan fingerprint density at radius 3 is 2.54 bits per heavy atom. The molecule has 0 bridgehead atoms. The van der Waals surface area contributed by atoms with E-state index in [0.29, 0.717) is 22.7 Å². The van der Waals surface area contributed by atoms with Crippen LogP contribution in [-0.4, -0.2) is 16.2 Å². The van der Waals surface area contributed by atoms with Crippen LogP contribution in [0.3, 0.4) is 0 Å². The Labute approximate surface area is 145 Å². The number of hydrogen-bond donors (Lipinski definition) is 1. The summed E-state index contributed by atoms with van der Waals surface area (Å²) in [5.74, 6) is 1.40. The first-order valence-electron chi connectivity index (χ1n) is 8.03. The largest absolute Gasteiger partial charge is 0.494 e. The first-order valence-corrected chi connectivity index (χ1v) is 8.44. The monoisotopic (exact) mass is 340 g/mol. The molecule has 2 aromatic carbocycles. The van der Waals surface area contributed by atoms with E-state index in [9.17, 15) is 4.79 Å². The SMILES string of the molecule is CC(C)CCOc1ccc(-n2c(=S)[nH]c3ccccc3c2=O)cc1. The van der Waals surface area contributed by atoms with Crippen molar-refractivity contribution in [2.24, 2.45) is 5.92 Å². The van der Waals surface area contributed by atoms with E-state index in [4.69, 9.17) is 17.0 Å². The van der Waals surface area contributed by atoms with Crippen LogP contribution < -0.4 is 10.3 Å². The van der Waals surface area contributed by atoms with Gasteiger partial charge in [0.1, 0.15) is 5.75 Å². The van der Waals surface area contributed by atoms with Crippen LogP contribution in [0.2, 0.25) is 0 Å². The number of para-hydroxylation sites is 1. The van der Waals surface area contributed by atoms with Crippen molar-refractivity contribution in [3.05, 3.63) is 63.7 Å². The molecule has 0 atom stereocenters. The van der Waals surface area contributed by atoms with Crippen molar-refractivity contribution in [1.82, 2.24) is 9.55 Å². The van der Waals surface area contributed by atoms with Gasteiger partial charge in [-0.25, -0.2) is 0 Å².